The predicted molar refractivity (Wildman–Crippen MR) is 39.3 cm³/mol. The van der Waals surface area contributed by atoms with Gasteiger partial charge in [0.2, 0.25) is 0 Å². The van der Waals surface area contributed by atoms with Gasteiger partial charge in [0.05, 0.1) is 0 Å². The monoisotopic (exact) mass is 324 g/mol. The molecule has 0 spiro atoms. The Morgan fingerprint density at radius 2 is 0.933 bits per heavy atom. The van der Waals surface area contributed by atoms with Gasteiger partial charge in [0.1, 0.15) is 12.2 Å². The maximum atomic E-state index is 10.1. The Labute approximate surface area is 104 Å². The van der Waals surface area contributed by atoms with Crippen LogP contribution in [0.25, 0.3) is 0 Å². The maximum Gasteiger partial charge on any atom is 0.335 e. The van der Waals surface area contributed by atoms with Gasteiger partial charge >= 0.3 is 11.9 Å². The van der Waals surface area contributed by atoms with Crippen molar-refractivity contribution in [2.45, 2.75) is 24.4 Å². The minimum atomic E-state index is -2.36. The zero-order valence-electron chi connectivity index (χ0n) is 7.52. The number of hydrogen-bond donors (Lipinski definition) is 6. The van der Waals surface area contributed by atoms with Crippen LogP contribution >= 0.6 is 0 Å². The van der Waals surface area contributed by atoms with Crippen LogP contribution in [0.2, 0.25) is 0 Å². The van der Waals surface area contributed by atoms with Crippen molar-refractivity contribution in [2.24, 2.45) is 0 Å². The smallest absolute Gasteiger partial charge is 0.335 e. The predicted octanol–water partition coefficient (Wildman–Crippen LogP) is -3.40. The van der Waals surface area contributed by atoms with Crippen LogP contribution in [0.15, 0.2) is 0 Å². The van der Waals surface area contributed by atoms with Gasteiger partial charge in [-0.1, -0.05) is 0 Å². The van der Waals surface area contributed by atoms with Gasteiger partial charge in [-0.15, -0.1) is 0 Å². The molecule has 0 saturated heterocycles. The molecule has 0 amide bonds. The molecule has 9 heteroatoms. The van der Waals surface area contributed by atoms with Gasteiger partial charge in [0.15, 0.2) is 12.2 Å². The Morgan fingerprint density at radius 3 is 1.07 bits per heavy atom. The number of carboxylic acid groups (broad SMARTS) is 2. The van der Waals surface area contributed by atoms with Crippen molar-refractivity contribution < 1.29 is 67.5 Å². The molecule has 0 aromatic carbocycles. The zero-order chi connectivity index (χ0) is 11.5. The normalized spacial score (nSPS) is 18.1. The molecule has 0 aromatic heterocycles. The van der Waals surface area contributed by atoms with Gasteiger partial charge in [-0.25, -0.2) is 9.59 Å². The molecule has 0 heterocycles. The maximum absolute atomic E-state index is 10.1. The molecule has 15 heavy (non-hydrogen) atoms. The average molecular weight is 323 g/mol. The summed E-state index contributed by atoms with van der Waals surface area (Å²) in [4.78, 5) is 20.2. The molecule has 0 aliphatic carbocycles. The molecule has 0 aromatic rings. The van der Waals surface area contributed by atoms with E-state index < -0.39 is 36.4 Å². The molecule has 0 bridgehead atoms. The van der Waals surface area contributed by atoms with Crippen LogP contribution in [-0.2, 0) is 36.9 Å². The van der Waals surface area contributed by atoms with E-state index in [2.05, 4.69) is 0 Å². The number of rotatable bonds is 5. The fraction of sp³-hybridized carbons (Fsp3) is 0.667. The van der Waals surface area contributed by atoms with Gasteiger partial charge in [-0.3, -0.25) is 0 Å². The zero-order valence-corrected chi connectivity index (χ0v) is 11.6. The minimum absolute atomic E-state index is 0. The Morgan fingerprint density at radius 1 is 0.733 bits per heavy atom. The fourth-order valence-corrected chi connectivity index (χ4v) is 0.666. The second-order valence-corrected chi connectivity index (χ2v) is 2.55. The molecule has 4 atom stereocenters. The van der Waals surface area contributed by atoms with Crippen molar-refractivity contribution in [3.05, 3.63) is 0 Å². The standard InChI is InChI=1S/C6H10O8.Cd/c7-1(3(9)5(11)12)2(8)4(10)6(13)14;/h1-4,7-10H,(H,11,12)(H,13,14);. The molecule has 6 N–H and O–H groups in total. The van der Waals surface area contributed by atoms with Gasteiger partial charge in [0.25, 0.3) is 0 Å². The summed E-state index contributed by atoms with van der Waals surface area (Å²) in [5, 5.41) is 51.5. The summed E-state index contributed by atoms with van der Waals surface area (Å²) in [5.74, 6) is -3.68. The molecule has 0 aliphatic heterocycles. The number of hydrogen-bond acceptors (Lipinski definition) is 6. The van der Waals surface area contributed by atoms with E-state index in [0.717, 1.165) is 0 Å². The molecule has 0 fully saturated rings. The number of aliphatic carboxylic acids is 2. The molecular weight excluding hydrogens is 312 g/mol. The van der Waals surface area contributed by atoms with Gasteiger partial charge in [-0.05, 0) is 0 Å². The largest absolute Gasteiger partial charge is 0.479 e. The molecule has 84 valence electrons. The number of carbonyl (C=O) groups is 2. The van der Waals surface area contributed by atoms with E-state index in [0.29, 0.717) is 0 Å². The second-order valence-electron chi connectivity index (χ2n) is 2.55. The molecule has 0 radical (unpaired) electrons. The van der Waals surface area contributed by atoms with Crippen LogP contribution in [0.5, 0.6) is 0 Å². The van der Waals surface area contributed by atoms with Crippen LogP contribution in [0.3, 0.4) is 0 Å². The Kier molecular flexibility index (Phi) is 8.05. The van der Waals surface area contributed by atoms with Crippen LogP contribution in [0.4, 0.5) is 0 Å². The van der Waals surface area contributed by atoms with E-state index in [9.17, 15) is 9.59 Å². The summed E-state index contributed by atoms with van der Waals surface area (Å²) >= 11 is 0. The first kappa shape index (κ1) is 17.1. The first-order chi connectivity index (χ1) is 6.29. The SMILES string of the molecule is O=C(O)C(O)C(O)C(O)C(O)C(=O)O.[Cd]. The van der Waals surface area contributed by atoms with E-state index in [1.165, 1.54) is 0 Å². The van der Waals surface area contributed by atoms with Gasteiger partial charge < -0.3 is 30.6 Å². The Balaban J connectivity index is 0. The van der Waals surface area contributed by atoms with E-state index in [1.54, 1.807) is 0 Å². The third kappa shape index (κ3) is 4.83. The summed E-state index contributed by atoms with van der Waals surface area (Å²) in [6, 6.07) is 0. The quantitative estimate of drug-likeness (QED) is 0.286. The number of aliphatic hydroxyl groups is 4. The Bertz CT molecular complexity index is 207. The van der Waals surface area contributed by atoms with Crippen LogP contribution < -0.4 is 0 Å². The van der Waals surface area contributed by atoms with Gasteiger partial charge in [0, 0.05) is 27.3 Å². The van der Waals surface area contributed by atoms with E-state index in [1.807, 2.05) is 0 Å². The molecule has 8 nitrogen and oxygen atoms in total. The average Bonchev–Trinajstić information content (AvgIpc) is 2.12. The van der Waals surface area contributed by atoms with Crippen molar-refractivity contribution in [3.63, 3.8) is 0 Å². The summed E-state index contributed by atoms with van der Waals surface area (Å²) in [7, 11) is 0. The third-order valence-electron chi connectivity index (χ3n) is 1.50. The van der Waals surface area contributed by atoms with Crippen molar-refractivity contribution in [2.75, 3.05) is 0 Å². The molecule has 0 aliphatic rings. The van der Waals surface area contributed by atoms with Crippen LogP contribution in [0, 0.1) is 0 Å². The molecular formula is C6H10CdO8. The summed E-state index contributed by atoms with van der Waals surface area (Å²) < 4.78 is 0. The molecule has 0 saturated carbocycles. The summed E-state index contributed by atoms with van der Waals surface area (Å²) in [5.41, 5.74) is 0. The first-order valence-corrected chi connectivity index (χ1v) is 3.47. The van der Waals surface area contributed by atoms with Crippen molar-refractivity contribution in [3.8, 4) is 0 Å². The molecule has 0 rings (SSSR count). The van der Waals surface area contributed by atoms with E-state index >= 15 is 0 Å². The molecule has 4 unspecified atom stereocenters. The van der Waals surface area contributed by atoms with Crippen LogP contribution in [-0.4, -0.2) is 67.0 Å². The topological polar surface area (TPSA) is 156 Å². The minimum Gasteiger partial charge on any atom is -0.479 e. The van der Waals surface area contributed by atoms with Crippen molar-refractivity contribution >= 4 is 11.9 Å². The van der Waals surface area contributed by atoms with Crippen molar-refractivity contribution in [1.29, 1.82) is 0 Å². The van der Waals surface area contributed by atoms with Gasteiger partial charge in [-0.2, -0.15) is 0 Å². The van der Waals surface area contributed by atoms with E-state index in [4.69, 9.17) is 30.6 Å². The summed E-state index contributed by atoms with van der Waals surface area (Å²) in [6.07, 6.45) is -9.28. The third-order valence-corrected chi connectivity index (χ3v) is 1.50. The number of carboxylic acids is 2. The van der Waals surface area contributed by atoms with E-state index in [-0.39, 0.29) is 27.3 Å². The second kappa shape index (κ2) is 7.05. The van der Waals surface area contributed by atoms with Crippen molar-refractivity contribution in [1.82, 2.24) is 0 Å². The summed E-state index contributed by atoms with van der Waals surface area (Å²) in [6.45, 7) is 0. The fourth-order valence-electron chi connectivity index (χ4n) is 0.666. The Hall–Kier alpha value is -0.298. The van der Waals surface area contributed by atoms with Crippen LogP contribution in [0.1, 0.15) is 0 Å². The first-order valence-electron chi connectivity index (χ1n) is 3.47. The number of aliphatic hydroxyl groups excluding tert-OH is 4.